The van der Waals surface area contributed by atoms with Gasteiger partial charge in [0, 0.05) is 6.04 Å². The molecule has 1 heterocycles. The van der Waals surface area contributed by atoms with Crippen LogP contribution in [0.1, 0.15) is 52.2 Å². The van der Waals surface area contributed by atoms with Gasteiger partial charge in [0.1, 0.15) is 0 Å². The second-order valence-corrected chi connectivity index (χ2v) is 8.65. The maximum absolute atomic E-state index is 12.0. The lowest BCUT2D eigenvalue weighted by atomic mass is 9.83. The van der Waals surface area contributed by atoms with Gasteiger partial charge in [-0.2, -0.15) is 8.42 Å². The molecule has 0 spiro atoms. The molecule has 0 aliphatic carbocycles. The molecular formula is C16H26N4O3S. The Morgan fingerprint density at radius 3 is 2.42 bits per heavy atom. The first-order valence-corrected chi connectivity index (χ1v) is 9.54. The molecule has 2 unspecified atom stereocenters. The van der Waals surface area contributed by atoms with Crippen LogP contribution in [0.15, 0.2) is 28.6 Å². The summed E-state index contributed by atoms with van der Waals surface area (Å²) >= 11 is 0. The highest BCUT2D eigenvalue weighted by molar-refractivity contribution is 7.86. The van der Waals surface area contributed by atoms with Gasteiger partial charge < -0.3 is 0 Å². The van der Waals surface area contributed by atoms with Gasteiger partial charge in [0.25, 0.3) is 5.50 Å². The van der Waals surface area contributed by atoms with E-state index in [2.05, 4.69) is 31.2 Å². The Hall–Kier alpha value is -1.67. The van der Waals surface area contributed by atoms with Crippen LogP contribution < -0.4 is 5.01 Å². The van der Waals surface area contributed by atoms with E-state index in [9.17, 15) is 13.0 Å². The molecule has 0 amide bonds. The fourth-order valence-corrected chi connectivity index (χ4v) is 3.83. The summed E-state index contributed by atoms with van der Waals surface area (Å²) in [6, 6.07) is 5.51. The number of anilines is 1. The van der Waals surface area contributed by atoms with E-state index in [1.807, 2.05) is 32.9 Å². The summed E-state index contributed by atoms with van der Waals surface area (Å²) in [7, 11) is -4.40. The molecule has 1 aromatic rings. The fraction of sp³-hybridized carbons (Fsp3) is 0.625. The molecule has 1 aliphatic heterocycles. The van der Waals surface area contributed by atoms with Crippen molar-refractivity contribution in [2.24, 2.45) is 10.4 Å². The van der Waals surface area contributed by atoms with Crippen LogP contribution in [-0.2, 0) is 15.5 Å². The number of nitrogens with zero attached hydrogens (tertiary/aromatic N) is 4. The lowest BCUT2D eigenvalue weighted by Crippen LogP contribution is -2.48. The van der Waals surface area contributed by atoms with E-state index >= 15 is 0 Å². The number of benzene rings is 1. The third kappa shape index (κ3) is 3.39. The predicted octanol–water partition coefficient (Wildman–Crippen LogP) is 3.67. The van der Waals surface area contributed by atoms with Crippen LogP contribution in [0.2, 0.25) is 0 Å². The van der Waals surface area contributed by atoms with Crippen molar-refractivity contribution in [1.29, 1.82) is 0 Å². The minimum atomic E-state index is -4.40. The molecule has 1 aromatic carbocycles. The van der Waals surface area contributed by atoms with Crippen molar-refractivity contribution in [2.75, 3.05) is 5.01 Å². The van der Waals surface area contributed by atoms with Gasteiger partial charge in [-0.15, -0.1) is 0 Å². The molecule has 0 bridgehead atoms. The van der Waals surface area contributed by atoms with Gasteiger partial charge in [-0.3, -0.25) is 4.55 Å². The molecule has 7 nitrogen and oxygen atoms in total. The van der Waals surface area contributed by atoms with Crippen LogP contribution in [0.4, 0.5) is 5.69 Å². The largest absolute Gasteiger partial charge is 0.309 e. The van der Waals surface area contributed by atoms with Crippen molar-refractivity contribution in [3.63, 3.8) is 0 Å². The number of hydrogen-bond donors (Lipinski definition) is 1. The molecule has 24 heavy (non-hydrogen) atoms. The van der Waals surface area contributed by atoms with Crippen molar-refractivity contribution >= 4 is 15.8 Å². The molecule has 1 aliphatic rings. The Balaban J connectivity index is 2.55. The summed E-state index contributed by atoms with van der Waals surface area (Å²) in [5.74, 6) is 0. The molecule has 0 saturated heterocycles. The van der Waals surface area contributed by atoms with Crippen molar-refractivity contribution < 1.29 is 13.0 Å². The van der Waals surface area contributed by atoms with Crippen LogP contribution in [0.5, 0.6) is 0 Å². The molecule has 0 radical (unpaired) electrons. The Bertz CT molecular complexity index is 740. The third-order valence-electron chi connectivity index (χ3n) is 4.34. The average molecular weight is 354 g/mol. The van der Waals surface area contributed by atoms with Gasteiger partial charge >= 0.3 is 10.1 Å². The quantitative estimate of drug-likeness (QED) is 0.834. The summed E-state index contributed by atoms with van der Waals surface area (Å²) in [5.41, 5.74) is 1.19. The molecule has 8 heteroatoms. The first-order valence-electron chi connectivity index (χ1n) is 8.04. The van der Waals surface area contributed by atoms with E-state index in [-0.39, 0.29) is 11.5 Å². The minimum absolute atomic E-state index is 0.0963. The zero-order chi connectivity index (χ0) is 18.3. The maximum atomic E-state index is 12.0. The van der Waals surface area contributed by atoms with Gasteiger partial charge in [-0.1, -0.05) is 39.8 Å². The van der Waals surface area contributed by atoms with E-state index in [4.69, 9.17) is 0 Å². The summed E-state index contributed by atoms with van der Waals surface area (Å²) < 4.78 is 33.7. The van der Waals surface area contributed by atoms with Crippen molar-refractivity contribution in [2.45, 2.75) is 64.9 Å². The van der Waals surface area contributed by atoms with E-state index in [0.29, 0.717) is 12.1 Å². The number of rotatable bonds is 4. The third-order valence-corrected chi connectivity index (χ3v) is 5.29. The van der Waals surface area contributed by atoms with Crippen LogP contribution in [0.25, 0.3) is 0 Å². The summed E-state index contributed by atoms with van der Waals surface area (Å²) in [4.78, 5) is 0. The van der Waals surface area contributed by atoms with E-state index in [1.54, 1.807) is 6.07 Å². The van der Waals surface area contributed by atoms with Crippen LogP contribution in [0.3, 0.4) is 0 Å². The first-order chi connectivity index (χ1) is 11.0. The minimum Gasteiger partial charge on any atom is -0.282 e. The van der Waals surface area contributed by atoms with Crippen LogP contribution in [0, 0.1) is 6.92 Å². The summed E-state index contributed by atoms with van der Waals surface area (Å²) in [6.45, 7) is 12.0. The van der Waals surface area contributed by atoms with Crippen LogP contribution in [-0.4, -0.2) is 29.5 Å². The zero-order valence-corrected chi connectivity index (χ0v) is 15.9. The van der Waals surface area contributed by atoms with Gasteiger partial charge in [-0.25, -0.2) is 10.0 Å². The highest BCUT2D eigenvalue weighted by atomic mass is 32.2. The maximum Gasteiger partial charge on any atom is 0.309 e. The van der Waals surface area contributed by atoms with E-state index in [0.717, 1.165) is 11.1 Å². The van der Waals surface area contributed by atoms with E-state index in [1.165, 1.54) is 10.0 Å². The Labute approximate surface area is 144 Å². The molecule has 1 N–H and O–H groups in total. The molecule has 134 valence electrons. The highest BCUT2D eigenvalue weighted by Gasteiger charge is 2.43. The molecular weight excluding hydrogens is 328 g/mol. The monoisotopic (exact) mass is 354 g/mol. The SMILES string of the molecule is CCC(C)N1N=NN(c2cccc(C(C)(C)C)c2C)C1S(=O)(=O)O. The normalized spacial score (nSPS) is 19.9. The van der Waals surface area contributed by atoms with Crippen molar-refractivity contribution in [3.8, 4) is 0 Å². The fourth-order valence-electron chi connectivity index (χ4n) is 2.90. The second-order valence-electron chi connectivity index (χ2n) is 7.20. The van der Waals surface area contributed by atoms with Gasteiger partial charge in [0.2, 0.25) is 0 Å². The van der Waals surface area contributed by atoms with Crippen molar-refractivity contribution in [3.05, 3.63) is 29.3 Å². The van der Waals surface area contributed by atoms with E-state index < -0.39 is 15.6 Å². The van der Waals surface area contributed by atoms with Gasteiger partial charge in [0.05, 0.1) is 5.69 Å². The molecule has 0 aromatic heterocycles. The number of hydrogen-bond acceptors (Lipinski definition) is 6. The standard InChI is InChI=1S/C16H26N4O3S/c1-7-11(2)19-15(24(21,22)23)20(18-17-19)14-10-8-9-13(12(14)3)16(4,5)6/h8-11,15H,7H2,1-6H3,(H,21,22,23). The molecule has 2 rings (SSSR count). The summed E-state index contributed by atoms with van der Waals surface area (Å²) in [6.07, 6.45) is 0.680. The Morgan fingerprint density at radius 2 is 1.92 bits per heavy atom. The predicted molar refractivity (Wildman–Crippen MR) is 94.1 cm³/mol. The zero-order valence-electron chi connectivity index (χ0n) is 15.1. The average Bonchev–Trinajstić information content (AvgIpc) is 2.90. The molecule has 0 saturated carbocycles. The van der Waals surface area contributed by atoms with Crippen LogP contribution >= 0.6 is 0 Å². The van der Waals surface area contributed by atoms with Gasteiger partial charge in [0.15, 0.2) is 0 Å². The lowest BCUT2D eigenvalue weighted by molar-refractivity contribution is 0.202. The molecule has 0 fully saturated rings. The first kappa shape index (κ1) is 18.7. The Morgan fingerprint density at radius 1 is 1.29 bits per heavy atom. The summed E-state index contributed by atoms with van der Waals surface area (Å²) in [5, 5.41) is 10.6. The topological polar surface area (TPSA) is 85.6 Å². The lowest BCUT2D eigenvalue weighted by Gasteiger charge is -2.31. The van der Waals surface area contributed by atoms with Gasteiger partial charge in [-0.05, 0) is 53.3 Å². The molecule has 2 atom stereocenters. The smallest absolute Gasteiger partial charge is 0.282 e. The highest BCUT2D eigenvalue weighted by Crippen LogP contribution is 2.36. The van der Waals surface area contributed by atoms with Crippen molar-refractivity contribution in [1.82, 2.24) is 5.01 Å². The second kappa shape index (κ2) is 6.33. The Kier molecular flexibility index (Phi) is 4.92.